The lowest BCUT2D eigenvalue weighted by atomic mass is 10.1. The van der Waals surface area contributed by atoms with Gasteiger partial charge in [-0.05, 0) is 37.3 Å². The van der Waals surface area contributed by atoms with E-state index in [0.717, 1.165) is 12.4 Å². The van der Waals surface area contributed by atoms with E-state index in [4.69, 9.17) is 4.74 Å². The van der Waals surface area contributed by atoms with Crippen molar-refractivity contribution in [3.05, 3.63) is 22.8 Å². The van der Waals surface area contributed by atoms with Gasteiger partial charge in [-0.3, -0.25) is 0 Å². The fourth-order valence-corrected chi connectivity index (χ4v) is 3.83. The van der Waals surface area contributed by atoms with E-state index in [9.17, 15) is 0 Å². The van der Waals surface area contributed by atoms with Gasteiger partial charge in [0.2, 0.25) is 0 Å². The van der Waals surface area contributed by atoms with E-state index in [1.807, 2.05) is 11.3 Å². The van der Waals surface area contributed by atoms with Gasteiger partial charge in [-0.2, -0.15) is 0 Å². The molecule has 1 aliphatic rings. The maximum Gasteiger partial charge on any atom is 0.173 e. The van der Waals surface area contributed by atoms with Crippen LogP contribution in [0.3, 0.4) is 0 Å². The molecule has 0 unspecified atom stereocenters. The number of hydrogen-bond acceptors (Lipinski definition) is 4. The maximum atomic E-state index is 5.13. The second-order valence-corrected chi connectivity index (χ2v) is 6.10. The quantitative estimate of drug-likeness (QED) is 0.807. The Bertz CT molecular complexity index is 523. The van der Waals surface area contributed by atoms with Crippen molar-refractivity contribution in [2.75, 3.05) is 13.7 Å². The van der Waals surface area contributed by atoms with Crippen molar-refractivity contribution < 1.29 is 4.74 Å². The first-order chi connectivity index (χ1) is 9.38. The molecule has 0 saturated heterocycles. The van der Waals surface area contributed by atoms with Crippen LogP contribution in [-0.4, -0.2) is 28.5 Å². The maximum absolute atomic E-state index is 5.13. The number of fused-ring (bicyclic) bond motifs is 1. The number of methoxy groups -OCH3 is 1. The number of rotatable bonds is 4. The minimum Gasteiger partial charge on any atom is -0.383 e. The average Bonchev–Trinajstić information content (AvgIpc) is 2.98. The first kappa shape index (κ1) is 12.8. The lowest BCUT2D eigenvalue weighted by molar-refractivity contribution is 0.187. The Hall–Kier alpha value is -1.20. The fraction of sp³-hybridized carbons (Fsp3) is 0.571. The van der Waals surface area contributed by atoms with Gasteiger partial charge < -0.3 is 9.30 Å². The van der Waals surface area contributed by atoms with E-state index in [-0.39, 0.29) is 0 Å². The Labute approximate surface area is 117 Å². The summed E-state index contributed by atoms with van der Waals surface area (Å²) >= 11 is 1.89. The summed E-state index contributed by atoms with van der Waals surface area (Å²) in [4.78, 5) is 2.80. The first-order valence-corrected chi connectivity index (χ1v) is 7.69. The highest BCUT2D eigenvalue weighted by Gasteiger charge is 2.16. The number of ether oxygens (including phenoxy) is 1. The molecule has 0 fully saturated rings. The van der Waals surface area contributed by atoms with Gasteiger partial charge in [-0.15, -0.1) is 21.5 Å². The molecule has 0 spiro atoms. The smallest absolute Gasteiger partial charge is 0.173 e. The zero-order chi connectivity index (χ0) is 13.1. The molecule has 0 N–H and O–H groups in total. The highest BCUT2D eigenvalue weighted by molar-refractivity contribution is 7.15. The Morgan fingerprint density at radius 2 is 2.21 bits per heavy atom. The van der Waals surface area contributed by atoms with Crippen molar-refractivity contribution in [2.45, 2.75) is 38.6 Å². The summed E-state index contributed by atoms with van der Waals surface area (Å²) in [6.45, 7) is 1.50. The predicted octanol–water partition coefficient (Wildman–Crippen LogP) is 2.92. The van der Waals surface area contributed by atoms with Gasteiger partial charge >= 0.3 is 0 Å². The second-order valence-electron chi connectivity index (χ2n) is 4.96. The molecular formula is C14H19N3OS. The van der Waals surface area contributed by atoms with E-state index >= 15 is 0 Å². The highest BCUT2D eigenvalue weighted by atomic mass is 32.1. The molecule has 0 atom stereocenters. The molecule has 2 aromatic rings. The van der Waals surface area contributed by atoms with E-state index in [1.165, 1.54) is 42.5 Å². The molecule has 4 nitrogen and oxygen atoms in total. The van der Waals surface area contributed by atoms with Crippen LogP contribution in [0.15, 0.2) is 12.4 Å². The summed E-state index contributed by atoms with van der Waals surface area (Å²) in [5.74, 6) is 0.982. The molecule has 102 valence electrons. The van der Waals surface area contributed by atoms with Crippen molar-refractivity contribution in [3.63, 3.8) is 0 Å². The normalized spacial score (nSPS) is 15.2. The Morgan fingerprint density at radius 1 is 1.32 bits per heavy atom. The fourth-order valence-electron chi connectivity index (χ4n) is 2.58. The number of hydrogen-bond donors (Lipinski definition) is 0. The van der Waals surface area contributed by atoms with E-state index in [1.54, 1.807) is 18.3 Å². The molecule has 0 aromatic carbocycles. The van der Waals surface area contributed by atoms with Gasteiger partial charge in [0, 0.05) is 18.5 Å². The van der Waals surface area contributed by atoms with Gasteiger partial charge in [0.05, 0.1) is 11.5 Å². The van der Waals surface area contributed by atoms with Crippen LogP contribution in [0.1, 0.15) is 29.7 Å². The molecule has 2 aromatic heterocycles. The van der Waals surface area contributed by atoms with Crippen LogP contribution in [0.2, 0.25) is 0 Å². The van der Waals surface area contributed by atoms with Crippen LogP contribution in [0.5, 0.6) is 0 Å². The monoisotopic (exact) mass is 277 g/mol. The summed E-state index contributed by atoms with van der Waals surface area (Å²) in [7, 11) is 1.72. The lowest BCUT2D eigenvalue weighted by Crippen LogP contribution is -2.04. The van der Waals surface area contributed by atoms with Crippen LogP contribution >= 0.6 is 11.3 Å². The van der Waals surface area contributed by atoms with E-state index in [2.05, 4.69) is 20.8 Å². The SMILES string of the molecule is COCCn1cnnc1-c1cc2c(s1)CCCCC2. The molecule has 2 heterocycles. The third-order valence-electron chi connectivity index (χ3n) is 3.62. The van der Waals surface area contributed by atoms with Gasteiger partial charge in [0.1, 0.15) is 6.33 Å². The largest absolute Gasteiger partial charge is 0.383 e. The summed E-state index contributed by atoms with van der Waals surface area (Å²) in [6.07, 6.45) is 8.24. The molecule has 19 heavy (non-hydrogen) atoms. The van der Waals surface area contributed by atoms with Crippen LogP contribution in [0, 0.1) is 0 Å². The zero-order valence-corrected chi connectivity index (χ0v) is 12.1. The summed E-state index contributed by atoms with van der Waals surface area (Å²) in [6, 6.07) is 2.32. The Morgan fingerprint density at radius 3 is 3.11 bits per heavy atom. The Kier molecular flexibility index (Phi) is 3.94. The summed E-state index contributed by atoms with van der Waals surface area (Å²) in [5.41, 5.74) is 1.53. The average molecular weight is 277 g/mol. The minimum atomic E-state index is 0.691. The van der Waals surface area contributed by atoms with Gasteiger partial charge in [-0.1, -0.05) is 6.42 Å². The van der Waals surface area contributed by atoms with Crippen molar-refractivity contribution >= 4 is 11.3 Å². The van der Waals surface area contributed by atoms with Crippen LogP contribution < -0.4 is 0 Å². The zero-order valence-electron chi connectivity index (χ0n) is 11.3. The molecule has 0 aliphatic heterocycles. The molecular weight excluding hydrogens is 258 g/mol. The van der Waals surface area contributed by atoms with Crippen molar-refractivity contribution in [3.8, 4) is 10.7 Å². The van der Waals surface area contributed by atoms with Gasteiger partial charge in [0.15, 0.2) is 5.82 Å². The predicted molar refractivity (Wildman–Crippen MR) is 76.5 cm³/mol. The molecule has 0 bridgehead atoms. The highest BCUT2D eigenvalue weighted by Crippen LogP contribution is 2.34. The lowest BCUT2D eigenvalue weighted by Gasteiger charge is -2.03. The van der Waals surface area contributed by atoms with Crippen molar-refractivity contribution in [2.24, 2.45) is 0 Å². The van der Waals surface area contributed by atoms with Gasteiger partial charge in [0.25, 0.3) is 0 Å². The van der Waals surface area contributed by atoms with Crippen LogP contribution in [-0.2, 0) is 24.1 Å². The van der Waals surface area contributed by atoms with E-state index in [0.29, 0.717) is 6.61 Å². The van der Waals surface area contributed by atoms with Crippen LogP contribution in [0.25, 0.3) is 10.7 Å². The van der Waals surface area contributed by atoms with Crippen molar-refractivity contribution in [1.29, 1.82) is 0 Å². The topological polar surface area (TPSA) is 39.9 Å². The molecule has 0 saturated carbocycles. The number of aryl methyl sites for hydroxylation is 2. The number of thiophene rings is 1. The van der Waals surface area contributed by atoms with Crippen molar-refractivity contribution in [1.82, 2.24) is 14.8 Å². The number of aromatic nitrogens is 3. The number of nitrogens with zero attached hydrogens (tertiary/aromatic N) is 3. The molecule has 3 rings (SSSR count). The Balaban J connectivity index is 1.88. The second kappa shape index (κ2) is 5.84. The summed E-state index contributed by atoms with van der Waals surface area (Å²) in [5, 5.41) is 8.31. The molecule has 5 heteroatoms. The van der Waals surface area contributed by atoms with E-state index < -0.39 is 0 Å². The van der Waals surface area contributed by atoms with Gasteiger partial charge in [-0.25, -0.2) is 0 Å². The standard InChI is InChI=1S/C14H19N3OS/c1-18-8-7-17-10-15-16-14(17)13-9-11-5-3-2-4-6-12(11)19-13/h9-10H,2-8H2,1H3. The molecule has 0 radical (unpaired) electrons. The van der Waals surface area contributed by atoms with Crippen LogP contribution in [0.4, 0.5) is 0 Å². The minimum absolute atomic E-state index is 0.691. The third-order valence-corrected chi connectivity index (χ3v) is 4.85. The summed E-state index contributed by atoms with van der Waals surface area (Å²) < 4.78 is 7.21. The third kappa shape index (κ3) is 2.72. The first-order valence-electron chi connectivity index (χ1n) is 6.87. The molecule has 0 amide bonds. The molecule has 1 aliphatic carbocycles.